The summed E-state index contributed by atoms with van der Waals surface area (Å²) in [5, 5.41) is 4.78. The molecule has 0 spiro atoms. The van der Waals surface area contributed by atoms with E-state index < -0.39 is 0 Å². The molecule has 31 heavy (non-hydrogen) atoms. The van der Waals surface area contributed by atoms with Gasteiger partial charge in [0.2, 0.25) is 0 Å². The number of halogens is 2. The molecule has 0 bridgehead atoms. The van der Waals surface area contributed by atoms with Crippen molar-refractivity contribution in [1.29, 1.82) is 0 Å². The number of amides is 1. The zero-order valence-electron chi connectivity index (χ0n) is 17.1. The van der Waals surface area contributed by atoms with Gasteiger partial charge in [-0.25, -0.2) is 4.98 Å². The van der Waals surface area contributed by atoms with Crippen molar-refractivity contribution >= 4 is 45.7 Å². The second-order valence-corrected chi connectivity index (χ2v) is 7.83. The van der Waals surface area contributed by atoms with Gasteiger partial charge in [-0.1, -0.05) is 53.5 Å². The van der Waals surface area contributed by atoms with Crippen LogP contribution in [0.15, 0.2) is 66.7 Å². The maximum atomic E-state index is 13.5. The molecule has 4 nitrogen and oxygen atoms in total. The predicted molar refractivity (Wildman–Crippen MR) is 128 cm³/mol. The van der Waals surface area contributed by atoms with E-state index in [0.29, 0.717) is 44.9 Å². The monoisotopic (exact) mass is 450 g/mol. The Morgan fingerprint density at radius 1 is 1.03 bits per heavy atom. The molecule has 0 saturated carbocycles. The van der Waals surface area contributed by atoms with E-state index in [9.17, 15) is 4.79 Å². The first-order chi connectivity index (χ1) is 15.0. The van der Waals surface area contributed by atoms with Gasteiger partial charge in [0.25, 0.3) is 5.91 Å². The number of aromatic nitrogens is 1. The lowest BCUT2D eigenvalue weighted by atomic mass is 9.97. The molecule has 1 heterocycles. The van der Waals surface area contributed by atoms with Crippen LogP contribution in [0.5, 0.6) is 5.75 Å². The highest BCUT2D eigenvalue weighted by atomic mass is 35.5. The van der Waals surface area contributed by atoms with E-state index in [1.54, 1.807) is 12.1 Å². The van der Waals surface area contributed by atoms with Crippen LogP contribution in [0.4, 0.5) is 5.69 Å². The summed E-state index contributed by atoms with van der Waals surface area (Å²) in [6.07, 6.45) is 0. The van der Waals surface area contributed by atoms with E-state index in [2.05, 4.69) is 5.32 Å². The van der Waals surface area contributed by atoms with Crippen molar-refractivity contribution in [3.8, 4) is 17.0 Å². The van der Waals surface area contributed by atoms with E-state index in [1.165, 1.54) is 0 Å². The molecule has 6 heteroatoms. The lowest BCUT2D eigenvalue weighted by molar-refractivity contribution is 0.102. The largest absolute Gasteiger partial charge is 0.492 e. The molecule has 1 amide bonds. The first kappa shape index (κ1) is 21.2. The summed E-state index contributed by atoms with van der Waals surface area (Å²) in [5.41, 5.74) is 3.95. The minimum absolute atomic E-state index is 0.241. The van der Waals surface area contributed by atoms with Gasteiger partial charge in [0, 0.05) is 16.0 Å². The number of nitrogens with zero attached hydrogens (tertiary/aromatic N) is 1. The molecule has 4 rings (SSSR count). The molecule has 0 saturated heterocycles. The molecular formula is C25H20Cl2N2O2. The number of benzene rings is 3. The third-order valence-corrected chi connectivity index (χ3v) is 5.53. The molecule has 0 radical (unpaired) electrons. The first-order valence-electron chi connectivity index (χ1n) is 9.87. The van der Waals surface area contributed by atoms with Gasteiger partial charge in [0.05, 0.1) is 34.1 Å². The van der Waals surface area contributed by atoms with Crippen LogP contribution in [-0.4, -0.2) is 17.5 Å². The minimum atomic E-state index is -0.241. The van der Waals surface area contributed by atoms with E-state index >= 15 is 0 Å². The van der Waals surface area contributed by atoms with Gasteiger partial charge in [-0.2, -0.15) is 0 Å². The van der Waals surface area contributed by atoms with E-state index in [4.69, 9.17) is 32.9 Å². The fourth-order valence-electron chi connectivity index (χ4n) is 3.58. The molecule has 1 aromatic heterocycles. The topological polar surface area (TPSA) is 51.2 Å². The molecular weight excluding hydrogens is 431 g/mol. The Kier molecular flexibility index (Phi) is 6.12. The van der Waals surface area contributed by atoms with Crippen LogP contribution in [0, 0.1) is 6.92 Å². The summed E-state index contributed by atoms with van der Waals surface area (Å²) in [7, 11) is 0. The maximum absolute atomic E-state index is 13.5. The van der Waals surface area contributed by atoms with Gasteiger partial charge in [-0.15, -0.1) is 0 Å². The van der Waals surface area contributed by atoms with Crippen LogP contribution in [0.2, 0.25) is 10.0 Å². The highest BCUT2D eigenvalue weighted by molar-refractivity contribution is 6.36. The Labute approximate surface area is 190 Å². The van der Waals surface area contributed by atoms with Crippen molar-refractivity contribution in [3.05, 3.63) is 87.9 Å². The average Bonchev–Trinajstić information content (AvgIpc) is 2.75. The highest BCUT2D eigenvalue weighted by Crippen LogP contribution is 2.35. The molecule has 0 aliphatic heterocycles. The second kappa shape index (κ2) is 8.96. The van der Waals surface area contributed by atoms with Gasteiger partial charge >= 0.3 is 0 Å². The number of hydrogen-bond donors (Lipinski definition) is 1. The van der Waals surface area contributed by atoms with Gasteiger partial charge in [0.15, 0.2) is 0 Å². The summed E-state index contributed by atoms with van der Waals surface area (Å²) in [4.78, 5) is 18.3. The van der Waals surface area contributed by atoms with Crippen LogP contribution in [0.1, 0.15) is 22.8 Å². The number of anilines is 1. The summed E-state index contributed by atoms with van der Waals surface area (Å²) >= 11 is 12.5. The van der Waals surface area contributed by atoms with Crippen molar-refractivity contribution in [2.45, 2.75) is 13.8 Å². The molecule has 4 aromatic rings. The lowest BCUT2D eigenvalue weighted by Crippen LogP contribution is -2.16. The lowest BCUT2D eigenvalue weighted by Gasteiger charge is -2.17. The van der Waals surface area contributed by atoms with Crippen LogP contribution >= 0.6 is 23.2 Å². The Balaban J connectivity index is 1.87. The summed E-state index contributed by atoms with van der Waals surface area (Å²) in [6.45, 7) is 4.29. The van der Waals surface area contributed by atoms with Crippen molar-refractivity contribution in [3.63, 3.8) is 0 Å². The third kappa shape index (κ3) is 4.22. The Hall–Kier alpha value is -3.08. The number of fused-ring (bicyclic) bond motifs is 1. The summed E-state index contributed by atoms with van der Waals surface area (Å²) in [5.74, 6) is 0.380. The van der Waals surface area contributed by atoms with E-state index in [0.717, 1.165) is 16.5 Å². The molecule has 156 valence electrons. The molecule has 3 aromatic carbocycles. The fraction of sp³-hybridized carbons (Fsp3) is 0.120. The molecule has 0 atom stereocenters. The number of para-hydroxylation sites is 3. The number of nitrogens with one attached hydrogen (secondary N) is 1. The van der Waals surface area contributed by atoms with E-state index in [-0.39, 0.29) is 5.91 Å². The summed E-state index contributed by atoms with van der Waals surface area (Å²) < 4.78 is 5.65. The number of hydrogen-bond acceptors (Lipinski definition) is 3. The molecule has 0 fully saturated rings. The van der Waals surface area contributed by atoms with Gasteiger partial charge in [0.1, 0.15) is 5.75 Å². The van der Waals surface area contributed by atoms with Gasteiger partial charge < -0.3 is 10.1 Å². The summed E-state index contributed by atoms with van der Waals surface area (Å²) in [6, 6.07) is 20.2. The number of rotatable bonds is 5. The molecule has 0 aliphatic rings. The van der Waals surface area contributed by atoms with Gasteiger partial charge in [-0.05, 0) is 55.8 Å². The van der Waals surface area contributed by atoms with Crippen LogP contribution < -0.4 is 10.1 Å². The Bertz CT molecular complexity index is 1290. The average molecular weight is 451 g/mol. The molecule has 0 aliphatic carbocycles. The van der Waals surface area contributed by atoms with E-state index in [1.807, 2.05) is 68.4 Å². The zero-order chi connectivity index (χ0) is 22.0. The molecule has 0 unspecified atom stereocenters. The SMILES string of the molecule is CCOc1ccccc1NC(=O)c1c(C)c(-c2ccc(Cl)cc2Cl)nc2ccccc12. The van der Waals surface area contributed by atoms with Crippen molar-refractivity contribution in [1.82, 2.24) is 4.98 Å². The van der Waals surface area contributed by atoms with Crippen molar-refractivity contribution in [2.75, 3.05) is 11.9 Å². The number of ether oxygens (including phenoxy) is 1. The Morgan fingerprint density at radius 2 is 1.77 bits per heavy atom. The number of pyridine rings is 1. The fourth-order valence-corrected chi connectivity index (χ4v) is 4.08. The smallest absolute Gasteiger partial charge is 0.256 e. The predicted octanol–water partition coefficient (Wildman–Crippen LogP) is 7.17. The van der Waals surface area contributed by atoms with Crippen LogP contribution in [0.25, 0.3) is 22.2 Å². The third-order valence-electron chi connectivity index (χ3n) is 4.98. The van der Waals surface area contributed by atoms with Gasteiger partial charge in [-0.3, -0.25) is 4.79 Å². The normalized spacial score (nSPS) is 10.8. The van der Waals surface area contributed by atoms with Crippen LogP contribution in [0.3, 0.4) is 0 Å². The standard InChI is InChI=1S/C25H20Cl2N2O2/c1-3-31-22-11-7-6-10-21(22)29-25(30)23-15(2)24(17-13-12-16(26)14-19(17)27)28-20-9-5-4-8-18(20)23/h4-14H,3H2,1-2H3,(H,29,30). The zero-order valence-corrected chi connectivity index (χ0v) is 18.6. The Morgan fingerprint density at radius 3 is 2.55 bits per heavy atom. The highest BCUT2D eigenvalue weighted by Gasteiger charge is 2.21. The molecule has 1 N–H and O–H groups in total. The minimum Gasteiger partial charge on any atom is -0.492 e. The number of carbonyl (C=O) groups is 1. The second-order valence-electron chi connectivity index (χ2n) is 6.99. The quantitative estimate of drug-likeness (QED) is 0.350. The first-order valence-corrected chi connectivity index (χ1v) is 10.6. The van der Waals surface area contributed by atoms with Crippen molar-refractivity contribution in [2.24, 2.45) is 0 Å². The number of carbonyl (C=O) groups excluding carboxylic acids is 1. The maximum Gasteiger partial charge on any atom is 0.256 e. The van der Waals surface area contributed by atoms with Crippen LogP contribution in [-0.2, 0) is 0 Å². The van der Waals surface area contributed by atoms with Crippen molar-refractivity contribution < 1.29 is 9.53 Å².